The fourth-order valence-electron chi connectivity index (χ4n) is 5.19. The third-order valence-corrected chi connectivity index (χ3v) is 8.78. The first-order valence-electron chi connectivity index (χ1n) is 14.5. The molecule has 0 saturated heterocycles. The Balaban J connectivity index is 5.18. The van der Waals surface area contributed by atoms with E-state index in [1.165, 1.54) is 101 Å². The van der Waals surface area contributed by atoms with E-state index in [4.69, 9.17) is 0 Å². The van der Waals surface area contributed by atoms with Crippen LogP contribution < -0.4 is 0 Å². The van der Waals surface area contributed by atoms with Gasteiger partial charge in [-0.05, 0) is 52.4 Å². The standard InChI is InChI=1S/C32H62S/c1-11-13-15-17-19-21-23-29(25-27(3)4)31(7,8)33-32(9,10)30(26-28(5)6)24-22-20-18-16-14-12-2/h25-26,29-30H,11-24H2,1-10H3. The molecule has 0 radical (unpaired) electrons. The molecule has 0 rings (SSSR count). The fraction of sp³-hybridized carbons (Fsp3) is 0.875. The molecule has 0 aliphatic heterocycles. The van der Waals surface area contributed by atoms with Gasteiger partial charge < -0.3 is 0 Å². The first kappa shape index (κ1) is 32.8. The number of hydrogen-bond donors (Lipinski definition) is 0. The van der Waals surface area contributed by atoms with Crippen LogP contribution in [0.15, 0.2) is 23.3 Å². The van der Waals surface area contributed by atoms with Crippen LogP contribution in [0, 0.1) is 11.8 Å². The molecule has 2 unspecified atom stereocenters. The van der Waals surface area contributed by atoms with Gasteiger partial charge in [0.2, 0.25) is 0 Å². The summed E-state index contributed by atoms with van der Waals surface area (Å²) in [6.45, 7) is 23.8. The second kappa shape index (κ2) is 18.1. The van der Waals surface area contributed by atoms with Crippen molar-refractivity contribution in [2.75, 3.05) is 0 Å². The molecule has 0 nitrogen and oxygen atoms in total. The maximum Gasteiger partial charge on any atom is 0.0171 e. The van der Waals surface area contributed by atoms with E-state index in [1.54, 1.807) is 0 Å². The van der Waals surface area contributed by atoms with E-state index in [9.17, 15) is 0 Å². The Hall–Kier alpha value is -0.170. The van der Waals surface area contributed by atoms with Crippen LogP contribution in [0.1, 0.15) is 159 Å². The van der Waals surface area contributed by atoms with Gasteiger partial charge in [0.1, 0.15) is 0 Å². The first-order valence-corrected chi connectivity index (χ1v) is 15.3. The lowest BCUT2D eigenvalue weighted by Gasteiger charge is -2.43. The first-order chi connectivity index (χ1) is 15.5. The molecule has 0 saturated carbocycles. The molecule has 2 atom stereocenters. The maximum atomic E-state index is 2.58. The van der Waals surface area contributed by atoms with Crippen molar-refractivity contribution in [2.45, 2.75) is 169 Å². The molecule has 0 bridgehead atoms. The molecule has 33 heavy (non-hydrogen) atoms. The Morgan fingerprint density at radius 1 is 0.545 bits per heavy atom. The molecule has 0 aliphatic rings. The van der Waals surface area contributed by atoms with E-state index < -0.39 is 0 Å². The van der Waals surface area contributed by atoms with Gasteiger partial charge >= 0.3 is 0 Å². The monoisotopic (exact) mass is 478 g/mol. The molecule has 0 aromatic heterocycles. The lowest BCUT2D eigenvalue weighted by Crippen LogP contribution is -2.37. The lowest BCUT2D eigenvalue weighted by molar-refractivity contribution is 0.417. The summed E-state index contributed by atoms with van der Waals surface area (Å²) in [5.41, 5.74) is 2.95. The Morgan fingerprint density at radius 3 is 1.15 bits per heavy atom. The molecule has 0 aliphatic carbocycles. The van der Waals surface area contributed by atoms with Gasteiger partial charge in [-0.25, -0.2) is 0 Å². The second-order valence-corrected chi connectivity index (χ2v) is 14.4. The van der Waals surface area contributed by atoms with Crippen molar-refractivity contribution in [1.29, 1.82) is 0 Å². The fourth-order valence-corrected chi connectivity index (χ4v) is 7.22. The highest BCUT2D eigenvalue weighted by Gasteiger charge is 2.38. The Kier molecular flexibility index (Phi) is 18.1. The van der Waals surface area contributed by atoms with Crippen molar-refractivity contribution < 1.29 is 0 Å². The van der Waals surface area contributed by atoms with Gasteiger partial charge in [0.15, 0.2) is 0 Å². The third-order valence-electron chi connectivity index (χ3n) is 7.12. The minimum Gasteiger partial charge on any atom is -0.148 e. The molecule has 196 valence electrons. The molecule has 0 fully saturated rings. The molecule has 0 heterocycles. The van der Waals surface area contributed by atoms with Crippen molar-refractivity contribution >= 4 is 11.8 Å². The normalized spacial score (nSPS) is 14.1. The molecule has 0 aromatic rings. The summed E-state index contributed by atoms with van der Waals surface area (Å²) in [4.78, 5) is 0. The van der Waals surface area contributed by atoms with Crippen LogP contribution in [0.5, 0.6) is 0 Å². The average molecular weight is 479 g/mol. The third kappa shape index (κ3) is 16.2. The van der Waals surface area contributed by atoms with Crippen molar-refractivity contribution in [2.24, 2.45) is 11.8 Å². The summed E-state index contributed by atoms with van der Waals surface area (Å²) < 4.78 is 0.498. The molecular weight excluding hydrogens is 416 g/mol. The predicted molar refractivity (Wildman–Crippen MR) is 158 cm³/mol. The predicted octanol–water partition coefficient (Wildman–Crippen LogP) is 11.9. The molecule has 1 heteroatoms. The molecule has 0 amide bonds. The van der Waals surface area contributed by atoms with Crippen LogP contribution in [0.3, 0.4) is 0 Å². The summed E-state index contributed by atoms with van der Waals surface area (Å²) in [5.74, 6) is 1.30. The van der Waals surface area contributed by atoms with Crippen LogP contribution in [-0.4, -0.2) is 9.49 Å². The van der Waals surface area contributed by atoms with E-state index in [2.05, 4.69) is 93.2 Å². The van der Waals surface area contributed by atoms with E-state index >= 15 is 0 Å². The lowest BCUT2D eigenvalue weighted by atomic mass is 9.87. The summed E-state index contributed by atoms with van der Waals surface area (Å²) in [6, 6.07) is 0. The summed E-state index contributed by atoms with van der Waals surface area (Å²) >= 11 is 2.26. The summed E-state index contributed by atoms with van der Waals surface area (Å²) in [5, 5.41) is 0. The van der Waals surface area contributed by atoms with Crippen LogP contribution in [-0.2, 0) is 0 Å². The molecule has 0 N–H and O–H groups in total. The maximum absolute atomic E-state index is 2.58. The van der Waals surface area contributed by atoms with Crippen molar-refractivity contribution in [3.63, 3.8) is 0 Å². The smallest absolute Gasteiger partial charge is 0.0171 e. The van der Waals surface area contributed by atoms with Crippen LogP contribution >= 0.6 is 11.8 Å². The van der Waals surface area contributed by atoms with Gasteiger partial charge in [-0.3, -0.25) is 0 Å². The number of hydrogen-bond acceptors (Lipinski definition) is 1. The zero-order valence-electron chi connectivity index (χ0n) is 24.6. The van der Waals surface area contributed by atoms with Crippen molar-refractivity contribution in [3.8, 4) is 0 Å². The van der Waals surface area contributed by atoms with Crippen LogP contribution in [0.2, 0.25) is 0 Å². The zero-order chi connectivity index (χ0) is 25.3. The van der Waals surface area contributed by atoms with E-state index in [-0.39, 0.29) is 9.49 Å². The van der Waals surface area contributed by atoms with Crippen LogP contribution in [0.25, 0.3) is 0 Å². The highest BCUT2D eigenvalue weighted by atomic mass is 32.2. The van der Waals surface area contributed by atoms with Gasteiger partial charge in [-0.2, -0.15) is 0 Å². The summed E-state index contributed by atoms with van der Waals surface area (Å²) in [7, 11) is 0. The number of rotatable bonds is 20. The minimum absolute atomic E-state index is 0.249. The SMILES string of the molecule is CCCCCCCCC(C=C(C)C)C(C)(C)SC(C)(C)C(C=C(C)C)CCCCCCCC. The van der Waals surface area contributed by atoms with Gasteiger partial charge in [0.25, 0.3) is 0 Å². The highest BCUT2D eigenvalue weighted by molar-refractivity contribution is 8.01. The van der Waals surface area contributed by atoms with Gasteiger partial charge in [0.05, 0.1) is 0 Å². The van der Waals surface area contributed by atoms with Crippen molar-refractivity contribution in [1.82, 2.24) is 0 Å². The molecule has 0 spiro atoms. The zero-order valence-corrected chi connectivity index (χ0v) is 25.4. The highest BCUT2D eigenvalue weighted by Crippen LogP contribution is 2.48. The quantitative estimate of drug-likeness (QED) is 0.124. The van der Waals surface area contributed by atoms with Crippen LogP contribution in [0.4, 0.5) is 0 Å². The molecular formula is C32H62S. The second-order valence-electron chi connectivity index (χ2n) is 12.1. The molecule has 0 aromatic carbocycles. The number of allylic oxidation sites excluding steroid dienone is 4. The van der Waals surface area contributed by atoms with E-state index in [1.807, 2.05) is 0 Å². The largest absolute Gasteiger partial charge is 0.148 e. The number of unbranched alkanes of at least 4 members (excludes halogenated alkanes) is 10. The van der Waals surface area contributed by atoms with Crippen molar-refractivity contribution in [3.05, 3.63) is 23.3 Å². The topological polar surface area (TPSA) is 0 Å². The Labute approximate surface area is 215 Å². The Morgan fingerprint density at radius 2 is 0.848 bits per heavy atom. The minimum atomic E-state index is 0.249. The van der Waals surface area contributed by atoms with Gasteiger partial charge in [-0.15, -0.1) is 11.8 Å². The Bertz CT molecular complexity index is 481. The van der Waals surface area contributed by atoms with E-state index in [0.717, 1.165) is 0 Å². The van der Waals surface area contributed by atoms with E-state index in [0.29, 0.717) is 11.8 Å². The van der Waals surface area contributed by atoms with Gasteiger partial charge in [-0.1, -0.05) is 142 Å². The van der Waals surface area contributed by atoms with Gasteiger partial charge in [0, 0.05) is 9.49 Å². The summed E-state index contributed by atoms with van der Waals surface area (Å²) in [6.07, 6.45) is 24.5. The average Bonchev–Trinajstić information content (AvgIpc) is 2.70. The number of thioether (sulfide) groups is 1.